The number of nitrogens with zero attached hydrogens (tertiary/aromatic N) is 2. The van der Waals surface area contributed by atoms with Crippen LogP contribution >= 0.6 is 11.8 Å². The Kier molecular flexibility index (Phi) is 7.78. The van der Waals surface area contributed by atoms with Gasteiger partial charge in [-0.2, -0.15) is 0 Å². The summed E-state index contributed by atoms with van der Waals surface area (Å²) in [7, 11) is 1.86. The van der Waals surface area contributed by atoms with Crippen molar-refractivity contribution in [1.82, 2.24) is 9.80 Å². The third kappa shape index (κ3) is 6.71. The summed E-state index contributed by atoms with van der Waals surface area (Å²) in [6.45, 7) is 3.64. The lowest BCUT2D eigenvalue weighted by Crippen LogP contribution is -2.37. The number of thioether (sulfide) groups is 1. The molecule has 0 spiro atoms. The first kappa shape index (κ1) is 19.8. The van der Waals surface area contributed by atoms with Gasteiger partial charge in [-0.3, -0.25) is 14.5 Å². The molecule has 138 valence electrons. The van der Waals surface area contributed by atoms with E-state index in [-0.39, 0.29) is 18.5 Å². The molecule has 0 aromatic heterocycles. The second-order valence-corrected chi connectivity index (χ2v) is 7.74. The summed E-state index contributed by atoms with van der Waals surface area (Å²) in [4.78, 5) is 27.2. The van der Waals surface area contributed by atoms with Crippen molar-refractivity contribution >= 4 is 23.6 Å². The Labute approximate surface area is 154 Å². The zero-order chi connectivity index (χ0) is 18.2. The van der Waals surface area contributed by atoms with Crippen LogP contribution < -0.4 is 0 Å². The molecule has 1 unspecified atom stereocenters. The first-order valence-electron chi connectivity index (χ1n) is 8.79. The normalized spacial score (nSPS) is 18.2. The lowest BCUT2D eigenvalue weighted by molar-refractivity contribution is -0.138. The van der Waals surface area contributed by atoms with E-state index >= 15 is 0 Å². The van der Waals surface area contributed by atoms with Gasteiger partial charge < -0.3 is 10.0 Å². The SMILES string of the molecule is Cc1cccc(CSCC(=O)N2CCCC(N(C)CC(=O)O)CC2)c1. The van der Waals surface area contributed by atoms with Gasteiger partial charge in [0.15, 0.2) is 0 Å². The minimum Gasteiger partial charge on any atom is -0.480 e. The van der Waals surface area contributed by atoms with Crippen LogP contribution in [0, 0.1) is 6.92 Å². The minimum absolute atomic E-state index is 0.0605. The predicted octanol–water partition coefficient (Wildman–Crippen LogP) is 2.63. The van der Waals surface area contributed by atoms with Crippen LogP contribution in [0.4, 0.5) is 0 Å². The summed E-state index contributed by atoms with van der Waals surface area (Å²) in [6.07, 6.45) is 2.73. The number of likely N-dealkylation sites (tertiary alicyclic amines) is 1. The number of carboxylic acids is 1. The molecule has 1 aliphatic heterocycles. The van der Waals surface area contributed by atoms with Crippen LogP contribution in [0.1, 0.15) is 30.4 Å². The van der Waals surface area contributed by atoms with Gasteiger partial charge in [0.1, 0.15) is 0 Å². The van der Waals surface area contributed by atoms with Crippen molar-refractivity contribution in [2.24, 2.45) is 0 Å². The molecule has 0 saturated carbocycles. The van der Waals surface area contributed by atoms with E-state index < -0.39 is 5.97 Å². The van der Waals surface area contributed by atoms with Gasteiger partial charge in [-0.15, -0.1) is 11.8 Å². The maximum Gasteiger partial charge on any atom is 0.317 e. The number of likely N-dealkylation sites (N-methyl/N-ethyl adjacent to an activating group) is 1. The Hall–Kier alpha value is -1.53. The molecule has 6 heteroatoms. The molecular weight excluding hydrogens is 336 g/mol. The van der Waals surface area contributed by atoms with Gasteiger partial charge in [0.25, 0.3) is 0 Å². The Bertz CT molecular complexity index is 594. The van der Waals surface area contributed by atoms with Crippen LogP contribution in [0.5, 0.6) is 0 Å². The molecule has 1 N–H and O–H groups in total. The van der Waals surface area contributed by atoms with Crippen molar-refractivity contribution in [3.8, 4) is 0 Å². The van der Waals surface area contributed by atoms with E-state index in [1.54, 1.807) is 11.8 Å². The van der Waals surface area contributed by atoms with E-state index in [1.165, 1.54) is 11.1 Å². The zero-order valence-corrected chi connectivity index (χ0v) is 15.9. The van der Waals surface area contributed by atoms with Crippen molar-refractivity contribution in [1.29, 1.82) is 0 Å². The number of hydrogen-bond acceptors (Lipinski definition) is 4. The molecule has 1 aliphatic rings. The fourth-order valence-corrected chi connectivity index (χ4v) is 4.14. The minimum atomic E-state index is -0.799. The van der Waals surface area contributed by atoms with Crippen molar-refractivity contribution in [3.05, 3.63) is 35.4 Å². The lowest BCUT2D eigenvalue weighted by Gasteiger charge is -2.25. The smallest absolute Gasteiger partial charge is 0.317 e. The number of aryl methyl sites for hydroxylation is 1. The molecule has 1 amide bonds. The molecule has 0 aliphatic carbocycles. The van der Waals surface area contributed by atoms with E-state index in [4.69, 9.17) is 5.11 Å². The number of benzene rings is 1. The van der Waals surface area contributed by atoms with Crippen molar-refractivity contribution in [2.75, 3.05) is 32.4 Å². The van der Waals surface area contributed by atoms with E-state index in [2.05, 4.69) is 31.2 Å². The first-order chi connectivity index (χ1) is 12.0. The third-order valence-electron chi connectivity index (χ3n) is 4.64. The van der Waals surface area contributed by atoms with Crippen molar-refractivity contribution in [2.45, 2.75) is 38.0 Å². The van der Waals surface area contributed by atoms with Gasteiger partial charge in [0.2, 0.25) is 5.91 Å². The first-order valence-corrected chi connectivity index (χ1v) is 9.94. The molecule has 0 radical (unpaired) electrons. The number of amides is 1. The largest absolute Gasteiger partial charge is 0.480 e. The number of carbonyl (C=O) groups is 2. The molecule has 2 rings (SSSR count). The number of rotatable bonds is 7. The highest BCUT2D eigenvalue weighted by atomic mass is 32.2. The van der Waals surface area contributed by atoms with Crippen LogP contribution in [-0.4, -0.2) is 65.3 Å². The maximum absolute atomic E-state index is 12.5. The molecule has 1 heterocycles. The molecule has 25 heavy (non-hydrogen) atoms. The molecule has 1 saturated heterocycles. The lowest BCUT2D eigenvalue weighted by atomic mass is 10.1. The van der Waals surface area contributed by atoms with Crippen molar-refractivity contribution < 1.29 is 14.7 Å². The van der Waals surface area contributed by atoms with Gasteiger partial charge in [0.05, 0.1) is 12.3 Å². The van der Waals surface area contributed by atoms with Crippen LogP contribution in [0.25, 0.3) is 0 Å². The maximum atomic E-state index is 12.5. The average Bonchev–Trinajstić information content (AvgIpc) is 2.80. The molecule has 1 fully saturated rings. The Morgan fingerprint density at radius 3 is 2.84 bits per heavy atom. The van der Waals surface area contributed by atoms with Gasteiger partial charge in [-0.25, -0.2) is 0 Å². The van der Waals surface area contributed by atoms with Gasteiger partial charge in [-0.05, 0) is 38.8 Å². The zero-order valence-electron chi connectivity index (χ0n) is 15.1. The number of hydrogen-bond donors (Lipinski definition) is 1. The highest BCUT2D eigenvalue weighted by Gasteiger charge is 2.23. The number of carboxylic acid groups (broad SMARTS) is 1. The fourth-order valence-electron chi connectivity index (χ4n) is 3.26. The summed E-state index contributed by atoms with van der Waals surface area (Å²) in [5.74, 6) is 0.751. The fraction of sp³-hybridized carbons (Fsp3) is 0.579. The summed E-state index contributed by atoms with van der Waals surface area (Å²) in [5, 5.41) is 8.92. The molecular formula is C19H28N2O3S. The predicted molar refractivity (Wildman–Crippen MR) is 102 cm³/mol. The average molecular weight is 365 g/mol. The van der Waals surface area contributed by atoms with Crippen LogP contribution in [0.2, 0.25) is 0 Å². The molecule has 5 nitrogen and oxygen atoms in total. The van der Waals surface area contributed by atoms with E-state index in [0.717, 1.165) is 38.1 Å². The van der Waals surface area contributed by atoms with E-state index in [0.29, 0.717) is 5.75 Å². The molecule has 0 bridgehead atoms. The van der Waals surface area contributed by atoms with Gasteiger partial charge in [-0.1, -0.05) is 29.8 Å². The summed E-state index contributed by atoms with van der Waals surface area (Å²) < 4.78 is 0. The molecule has 1 aromatic carbocycles. The van der Waals surface area contributed by atoms with Crippen molar-refractivity contribution in [3.63, 3.8) is 0 Å². The highest BCUT2D eigenvalue weighted by Crippen LogP contribution is 2.18. The summed E-state index contributed by atoms with van der Waals surface area (Å²) >= 11 is 1.66. The second kappa shape index (κ2) is 9.82. The topological polar surface area (TPSA) is 60.9 Å². The van der Waals surface area contributed by atoms with Gasteiger partial charge >= 0.3 is 5.97 Å². The van der Waals surface area contributed by atoms with E-state index in [9.17, 15) is 9.59 Å². The Morgan fingerprint density at radius 2 is 2.12 bits per heavy atom. The van der Waals surface area contributed by atoms with Crippen LogP contribution in [0.3, 0.4) is 0 Å². The number of aliphatic carboxylic acids is 1. The Morgan fingerprint density at radius 1 is 1.32 bits per heavy atom. The second-order valence-electron chi connectivity index (χ2n) is 6.76. The standard InChI is InChI=1S/C19H28N2O3S/c1-15-5-3-6-16(11-15)13-25-14-18(22)21-9-4-7-17(8-10-21)20(2)12-19(23)24/h3,5-6,11,17H,4,7-10,12-14H2,1-2H3,(H,23,24). The summed E-state index contributed by atoms with van der Waals surface area (Å²) in [6, 6.07) is 8.63. The van der Waals surface area contributed by atoms with Gasteiger partial charge in [0, 0.05) is 24.9 Å². The van der Waals surface area contributed by atoms with E-state index in [1.807, 2.05) is 16.8 Å². The number of carbonyl (C=O) groups excluding carboxylic acids is 1. The monoisotopic (exact) mass is 364 g/mol. The quantitative estimate of drug-likeness (QED) is 0.806. The molecule has 1 aromatic rings. The van der Waals surface area contributed by atoms with Crippen LogP contribution in [0.15, 0.2) is 24.3 Å². The third-order valence-corrected chi connectivity index (χ3v) is 5.62. The van der Waals surface area contributed by atoms with Crippen LogP contribution in [-0.2, 0) is 15.3 Å². The molecule has 1 atom stereocenters. The summed E-state index contributed by atoms with van der Waals surface area (Å²) in [5.41, 5.74) is 2.50. The Balaban J connectivity index is 1.75. The highest BCUT2D eigenvalue weighted by molar-refractivity contribution is 7.99.